The fourth-order valence-corrected chi connectivity index (χ4v) is 2.93. The average molecular weight is 344 g/mol. The van der Waals surface area contributed by atoms with E-state index in [1.165, 1.54) is 6.20 Å². The number of nitriles is 1. The lowest BCUT2D eigenvalue weighted by molar-refractivity contribution is 0.0455. The second-order valence-electron chi connectivity index (χ2n) is 5.88. The first-order valence-corrected chi connectivity index (χ1v) is 8.10. The van der Waals surface area contributed by atoms with Crippen LogP contribution in [0.15, 0.2) is 30.6 Å². The fourth-order valence-electron chi connectivity index (χ4n) is 2.72. The van der Waals surface area contributed by atoms with Gasteiger partial charge >= 0.3 is 0 Å². The molecule has 0 spiro atoms. The number of nitrogens with one attached hydrogen (secondary N) is 1. The van der Waals surface area contributed by atoms with Gasteiger partial charge in [0.2, 0.25) is 0 Å². The van der Waals surface area contributed by atoms with Gasteiger partial charge in [-0.1, -0.05) is 11.6 Å². The summed E-state index contributed by atoms with van der Waals surface area (Å²) in [5, 5.41) is 13.3. The zero-order valence-electron chi connectivity index (χ0n) is 13.1. The van der Waals surface area contributed by atoms with Gasteiger partial charge in [-0.25, -0.2) is 9.97 Å². The van der Waals surface area contributed by atoms with Crippen molar-refractivity contribution in [2.45, 2.75) is 12.8 Å². The number of aromatic nitrogens is 2. The lowest BCUT2D eigenvalue weighted by Crippen LogP contribution is -2.34. The van der Waals surface area contributed by atoms with Gasteiger partial charge in [-0.05, 0) is 36.6 Å². The molecule has 0 bridgehead atoms. The Morgan fingerprint density at radius 2 is 2.12 bits per heavy atom. The highest BCUT2D eigenvalue weighted by molar-refractivity contribution is 6.33. The molecule has 1 fully saturated rings. The third-order valence-electron chi connectivity index (χ3n) is 4.24. The van der Waals surface area contributed by atoms with E-state index in [0.717, 1.165) is 24.0 Å². The first kappa shape index (κ1) is 16.5. The molecule has 1 aliphatic heterocycles. The molecule has 0 amide bonds. The number of nitrogen functional groups attached to an aromatic ring is 1. The van der Waals surface area contributed by atoms with Crippen molar-refractivity contribution in [2.24, 2.45) is 5.41 Å². The number of halogens is 1. The number of nitrogens with zero attached hydrogens (tertiary/aromatic N) is 3. The van der Waals surface area contributed by atoms with E-state index >= 15 is 0 Å². The minimum Gasteiger partial charge on any atom is -0.384 e. The Kier molecular flexibility index (Phi) is 4.84. The molecule has 24 heavy (non-hydrogen) atoms. The molecule has 7 heteroatoms. The van der Waals surface area contributed by atoms with Gasteiger partial charge in [-0.3, -0.25) is 0 Å². The van der Waals surface area contributed by atoms with Gasteiger partial charge in [0, 0.05) is 37.7 Å². The van der Waals surface area contributed by atoms with E-state index in [0.29, 0.717) is 36.4 Å². The van der Waals surface area contributed by atoms with Crippen LogP contribution in [0, 0.1) is 16.7 Å². The monoisotopic (exact) mass is 343 g/mol. The number of nitrogens with two attached hydrogens (primary N) is 1. The zero-order valence-corrected chi connectivity index (χ0v) is 13.9. The first-order valence-electron chi connectivity index (χ1n) is 7.72. The molecule has 124 valence electrons. The Labute approximate surface area is 145 Å². The third-order valence-corrected chi connectivity index (χ3v) is 4.54. The number of hydrogen-bond donors (Lipinski definition) is 2. The van der Waals surface area contributed by atoms with Crippen molar-refractivity contribution in [2.75, 3.05) is 30.8 Å². The lowest BCUT2D eigenvalue weighted by atomic mass is 9.82. The maximum absolute atomic E-state index is 9.51. The SMILES string of the molecule is N#CC1(CNc2cc(-c3cc(N)ncc3Cl)ccn2)CCOCC1. The molecule has 3 heterocycles. The predicted molar refractivity (Wildman–Crippen MR) is 93.5 cm³/mol. The topological polar surface area (TPSA) is 96.9 Å². The summed E-state index contributed by atoms with van der Waals surface area (Å²) in [6.45, 7) is 1.78. The van der Waals surface area contributed by atoms with Gasteiger partial charge in [-0.2, -0.15) is 5.26 Å². The van der Waals surface area contributed by atoms with E-state index in [4.69, 9.17) is 22.1 Å². The minimum absolute atomic E-state index is 0.408. The van der Waals surface area contributed by atoms with Crippen LogP contribution in [0.2, 0.25) is 5.02 Å². The Bertz CT molecular complexity index is 768. The van der Waals surface area contributed by atoms with E-state index in [-0.39, 0.29) is 0 Å². The summed E-state index contributed by atoms with van der Waals surface area (Å²) < 4.78 is 5.35. The van der Waals surface area contributed by atoms with Crippen molar-refractivity contribution in [3.05, 3.63) is 35.6 Å². The molecule has 0 aliphatic carbocycles. The van der Waals surface area contributed by atoms with E-state index in [1.54, 1.807) is 12.3 Å². The maximum Gasteiger partial charge on any atom is 0.126 e. The third kappa shape index (κ3) is 3.58. The first-order chi connectivity index (χ1) is 11.6. The van der Waals surface area contributed by atoms with Gasteiger partial charge in [0.1, 0.15) is 11.6 Å². The van der Waals surface area contributed by atoms with Crippen LogP contribution in [0.5, 0.6) is 0 Å². The van der Waals surface area contributed by atoms with Crippen LogP contribution in [-0.4, -0.2) is 29.7 Å². The van der Waals surface area contributed by atoms with Gasteiger partial charge in [-0.15, -0.1) is 0 Å². The predicted octanol–water partition coefficient (Wildman–Crippen LogP) is 3.11. The van der Waals surface area contributed by atoms with E-state index in [1.807, 2.05) is 12.1 Å². The smallest absolute Gasteiger partial charge is 0.126 e. The molecule has 0 atom stereocenters. The second-order valence-corrected chi connectivity index (χ2v) is 6.28. The summed E-state index contributed by atoms with van der Waals surface area (Å²) >= 11 is 6.21. The van der Waals surface area contributed by atoms with Gasteiger partial charge in [0.25, 0.3) is 0 Å². The molecular formula is C17H18ClN5O. The molecule has 3 rings (SSSR count). The number of rotatable bonds is 4. The van der Waals surface area contributed by atoms with Crippen molar-refractivity contribution < 1.29 is 4.74 Å². The van der Waals surface area contributed by atoms with Crippen molar-refractivity contribution in [1.82, 2.24) is 9.97 Å². The Morgan fingerprint density at radius 1 is 1.33 bits per heavy atom. The summed E-state index contributed by atoms with van der Waals surface area (Å²) in [4.78, 5) is 8.30. The van der Waals surface area contributed by atoms with Gasteiger partial charge in [0.15, 0.2) is 0 Å². The maximum atomic E-state index is 9.51. The number of anilines is 2. The zero-order chi connectivity index (χ0) is 17.0. The summed E-state index contributed by atoms with van der Waals surface area (Å²) in [7, 11) is 0. The Balaban J connectivity index is 1.78. The summed E-state index contributed by atoms with van der Waals surface area (Å²) in [6, 6.07) is 7.92. The van der Waals surface area contributed by atoms with E-state index < -0.39 is 5.41 Å². The van der Waals surface area contributed by atoms with Crippen molar-refractivity contribution in [3.63, 3.8) is 0 Å². The normalized spacial score (nSPS) is 16.3. The average Bonchev–Trinajstić information content (AvgIpc) is 2.63. The summed E-state index contributed by atoms with van der Waals surface area (Å²) in [5.41, 5.74) is 7.03. The summed E-state index contributed by atoms with van der Waals surface area (Å²) in [6.07, 6.45) is 4.69. The molecule has 0 radical (unpaired) electrons. The molecular weight excluding hydrogens is 326 g/mol. The highest BCUT2D eigenvalue weighted by atomic mass is 35.5. The highest BCUT2D eigenvalue weighted by Crippen LogP contribution is 2.32. The molecule has 0 aromatic carbocycles. The van der Waals surface area contributed by atoms with Crippen LogP contribution in [0.25, 0.3) is 11.1 Å². The van der Waals surface area contributed by atoms with Crippen LogP contribution < -0.4 is 11.1 Å². The second kappa shape index (κ2) is 7.04. The van der Waals surface area contributed by atoms with Crippen LogP contribution in [0.3, 0.4) is 0 Å². The van der Waals surface area contributed by atoms with Crippen LogP contribution >= 0.6 is 11.6 Å². The molecule has 2 aromatic rings. The molecule has 2 aromatic heterocycles. The fraction of sp³-hybridized carbons (Fsp3) is 0.353. The molecule has 3 N–H and O–H groups in total. The van der Waals surface area contributed by atoms with E-state index in [2.05, 4.69) is 21.4 Å². The van der Waals surface area contributed by atoms with Crippen LogP contribution in [0.4, 0.5) is 11.6 Å². The van der Waals surface area contributed by atoms with E-state index in [9.17, 15) is 5.26 Å². The largest absolute Gasteiger partial charge is 0.384 e. The van der Waals surface area contributed by atoms with Crippen molar-refractivity contribution >= 4 is 23.2 Å². The van der Waals surface area contributed by atoms with Crippen molar-refractivity contribution in [3.8, 4) is 17.2 Å². The lowest BCUT2D eigenvalue weighted by Gasteiger charge is -2.30. The van der Waals surface area contributed by atoms with Crippen molar-refractivity contribution in [1.29, 1.82) is 5.26 Å². The Hall–Kier alpha value is -2.36. The van der Waals surface area contributed by atoms with Crippen LogP contribution in [-0.2, 0) is 4.74 Å². The number of hydrogen-bond acceptors (Lipinski definition) is 6. The molecule has 1 aliphatic rings. The minimum atomic E-state index is -0.408. The van der Waals surface area contributed by atoms with Gasteiger partial charge in [0.05, 0.1) is 16.5 Å². The molecule has 1 saturated heterocycles. The summed E-state index contributed by atoms with van der Waals surface area (Å²) in [5.74, 6) is 1.10. The standard InChI is InChI=1S/C17H18ClN5O/c18-14-9-22-15(20)8-13(14)12-1-4-21-16(7-12)23-11-17(10-19)2-5-24-6-3-17/h1,4,7-9H,2-3,5-6,11H2,(H2,20,22)(H,21,23). The molecule has 6 nitrogen and oxygen atoms in total. The molecule has 0 saturated carbocycles. The number of pyridine rings is 2. The van der Waals surface area contributed by atoms with Gasteiger partial charge < -0.3 is 15.8 Å². The quantitative estimate of drug-likeness (QED) is 0.885. The Morgan fingerprint density at radius 3 is 2.88 bits per heavy atom. The van der Waals surface area contributed by atoms with Crippen LogP contribution in [0.1, 0.15) is 12.8 Å². The molecule has 0 unspecified atom stereocenters. The number of ether oxygens (including phenoxy) is 1. The highest BCUT2D eigenvalue weighted by Gasteiger charge is 2.32.